The van der Waals surface area contributed by atoms with Crippen molar-refractivity contribution in [3.05, 3.63) is 17.2 Å². The highest BCUT2D eigenvalue weighted by Crippen LogP contribution is 2.25. The molecule has 1 aliphatic rings. The molecule has 18 heavy (non-hydrogen) atoms. The molecule has 0 saturated heterocycles. The molecule has 100 valence electrons. The van der Waals surface area contributed by atoms with Gasteiger partial charge in [0.15, 0.2) is 11.7 Å². The maximum Gasteiger partial charge on any atom is 0.188 e. The SMILES string of the molecule is CC(C)n1c(/C(N)=N/N(C)N)nc2c1CN(O)C2. The van der Waals surface area contributed by atoms with Gasteiger partial charge in [-0.25, -0.2) is 15.9 Å². The van der Waals surface area contributed by atoms with E-state index in [9.17, 15) is 5.21 Å². The predicted molar refractivity (Wildman–Crippen MR) is 66.3 cm³/mol. The summed E-state index contributed by atoms with van der Waals surface area (Å²) >= 11 is 0. The van der Waals surface area contributed by atoms with Crippen LogP contribution in [0.3, 0.4) is 0 Å². The third kappa shape index (κ3) is 2.17. The molecule has 1 aromatic rings. The number of aromatic nitrogens is 2. The molecule has 1 aromatic heterocycles. The van der Waals surface area contributed by atoms with Crippen molar-refractivity contribution in [1.29, 1.82) is 0 Å². The van der Waals surface area contributed by atoms with Crippen LogP contribution in [-0.4, -0.2) is 37.8 Å². The van der Waals surface area contributed by atoms with Crippen molar-refractivity contribution in [2.75, 3.05) is 7.05 Å². The van der Waals surface area contributed by atoms with Crippen LogP contribution in [0.1, 0.15) is 37.1 Å². The van der Waals surface area contributed by atoms with E-state index in [4.69, 9.17) is 11.6 Å². The lowest BCUT2D eigenvalue weighted by atomic mass is 10.3. The van der Waals surface area contributed by atoms with Crippen LogP contribution in [-0.2, 0) is 13.1 Å². The third-order valence-corrected chi connectivity index (χ3v) is 2.77. The Bertz CT molecular complexity index is 477. The molecule has 0 saturated carbocycles. The summed E-state index contributed by atoms with van der Waals surface area (Å²) in [6.07, 6.45) is 0. The molecule has 2 rings (SSSR count). The van der Waals surface area contributed by atoms with Crippen molar-refractivity contribution >= 4 is 5.84 Å². The topological polar surface area (TPSA) is 109 Å². The second kappa shape index (κ2) is 4.56. The fourth-order valence-electron chi connectivity index (χ4n) is 2.16. The van der Waals surface area contributed by atoms with E-state index in [2.05, 4.69) is 10.1 Å². The maximum atomic E-state index is 9.51. The summed E-state index contributed by atoms with van der Waals surface area (Å²) in [5, 5.41) is 15.9. The van der Waals surface area contributed by atoms with Crippen molar-refractivity contribution in [2.45, 2.75) is 33.0 Å². The molecular formula is C10H19N7O. The van der Waals surface area contributed by atoms with E-state index in [0.717, 1.165) is 16.5 Å². The standard InChI is InChI=1S/C10H19N7O/c1-6(2)17-8-5-16(18)4-7(8)13-10(17)9(11)14-15(3)12/h6,18H,4-5,12H2,1-3H3,(H2,11,14). The van der Waals surface area contributed by atoms with E-state index in [1.807, 2.05) is 18.4 Å². The van der Waals surface area contributed by atoms with E-state index in [1.165, 1.54) is 5.06 Å². The summed E-state index contributed by atoms with van der Waals surface area (Å²) in [6.45, 7) is 4.93. The molecule has 1 aliphatic heterocycles. The molecule has 0 unspecified atom stereocenters. The average Bonchev–Trinajstić information content (AvgIpc) is 2.70. The minimum atomic E-state index is 0.180. The summed E-state index contributed by atoms with van der Waals surface area (Å²) in [7, 11) is 1.60. The second-order valence-electron chi connectivity index (χ2n) is 4.67. The van der Waals surface area contributed by atoms with Gasteiger partial charge in [0.2, 0.25) is 0 Å². The molecule has 0 aliphatic carbocycles. The zero-order chi connectivity index (χ0) is 13.4. The molecule has 0 radical (unpaired) electrons. The van der Waals surface area contributed by atoms with Crippen molar-refractivity contribution in [3.63, 3.8) is 0 Å². The Morgan fingerprint density at radius 2 is 2.17 bits per heavy atom. The molecule has 5 N–H and O–H groups in total. The van der Waals surface area contributed by atoms with Crippen molar-refractivity contribution < 1.29 is 5.21 Å². The molecule has 0 spiro atoms. The summed E-state index contributed by atoms with van der Waals surface area (Å²) in [4.78, 5) is 4.44. The van der Waals surface area contributed by atoms with Gasteiger partial charge in [-0.1, -0.05) is 0 Å². The number of fused-ring (bicyclic) bond motifs is 1. The molecule has 8 nitrogen and oxygen atoms in total. The first-order chi connectivity index (χ1) is 8.40. The quantitative estimate of drug-likeness (QED) is 0.292. The zero-order valence-corrected chi connectivity index (χ0v) is 10.8. The van der Waals surface area contributed by atoms with Gasteiger partial charge in [0.25, 0.3) is 0 Å². The minimum absolute atomic E-state index is 0.180. The Labute approximate surface area is 105 Å². The van der Waals surface area contributed by atoms with Crippen LogP contribution in [0.15, 0.2) is 5.10 Å². The van der Waals surface area contributed by atoms with Crippen LogP contribution >= 0.6 is 0 Å². The Morgan fingerprint density at radius 3 is 2.72 bits per heavy atom. The van der Waals surface area contributed by atoms with Crippen LogP contribution in [0.5, 0.6) is 0 Å². The number of hydrogen-bond donors (Lipinski definition) is 3. The van der Waals surface area contributed by atoms with Gasteiger partial charge in [-0.15, -0.1) is 5.10 Å². The van der Waals surface area contributed by atoms with Gasteiger partial charge in [-0.05, 0) is 13.8 Å². The number of hydrazone groups is 1. The number of nitrogens with zero attached hydrogens (tertiary/aromatic N) is 5. The van der Waals surface area contributed by atoms with E-state index >= 15 is 0 Å². The van der Waals surface area contributed by atoms with Crippen LogP contribution < -0.4 is 11.6 Å². The van der Waals surface area contributed by atoms with Crippen molar-refractivity contribution in [1.82, 2.24) is 19.7 Å². The highest BCUT2D eigenvalue weighted by molar-refractivity contribution is 5.94. The number of nitrogens with two attached hydrogens (primary N) is 2. The van der Waals surface area contributed by atoms with Gasteiger partial charge >= 0.3 is 0 Å². The summed E-state index contributed by atoms with van der Waals surface area (Å²) in [5.74, 6) is 6.32. The zero-order valence-electron chi connectivity index (χ0n) is 10.8. The largest absolute Gasteiger partial charge is 0.379 e. The normalized spacial score (nSPS) is 16.4. The third-order valence-electron chi connectivity index (χ3n) is 2.77. The Morgan fingerprint density at radius 1 is 1.50 bits per heavy atom. The first-order valence-corrected chi connectivity index (χ1v) is 5.76. The molecular weight excluding hydrogens is 234 g/mol. The van der Waals surface area contributed by atoms with Gasteiger partial charge in [-0.3, -0.25) is 0 Å². The summed E-state index contributed by atoms with van der Waals surface area (Å²) in [6, 6.07) is 0.180. The Hall–Kier alpha value is -1.64. The van der Waals surface area contributed by atoms with Crippen LogP contribution in [0.2, 0.25) is 0 Å². The molecule has 0 amide bonds. The average molecular weight is 253 g/mol. The monoisotopic (exact) mass is 253 g/mol. The molecule has 0 bridgehead atoms. The van der Waals surface area contributed by atoms with Gasteiger partial charge < -0.3 is 15.5 Å². The number of hydrogen-bond acceptors (Lipinski definition) is 6. The van der Waals surface area contributed by atoms with Crippen molar-refractivity contribution in [2.24, 2.45) is 16.7 Å². The maximum absolute atomic E-state index is 9.51. The molecule has 0 aromatic carbocycles. The predicted octanol–water partition coefficient (Wildman–Crippen LogP) is -0.405. The molecule has 2 heterocycles. The Balaban J connectivity index is 2.47. The van der Waals surface area contributed by atoms with Gasteiger partial charge in [0.1, 0.15) is 0 Å². The van der Waals surface area contributed by atoms with Gasteiger partial charge in [-0.2, -0.15) is 5.06 Å². The lowest BCUT2D eigenvalue weighted by Gasteiger charge is -2.16. The summed E-state index contributed by atoms with van der Waals surface area (Å²) in [5.41, 5.74) is 7.70. The number of rotatable bonds is 3. The lowest BCUT2D eigenvalue weighted by molar-refractivity contribution is -0.0986. The number of imidazole rings is 1. The number of hydrazine groups is 1. The molecule has 8 heteroatoms. The lowest BCUT2D eigenvalue weighted by Crippen LogP contribution is -2.29. The van der Waals surface area contributed by atoms with Crippen LogP contribution in [0.25, 0.3) is 0 Å². The van der Waals surface area contributed by atoms with Gasteiger partial charge in [0.05, 0.1) is 24.5 Å². The van der Waals surface area contributed by atoms with Gasteiger partial charge in [0, 0.05) is 13.1 Å². The highest BCUT2D eigenvalue weighted by atomic mass is 16.5. The highest BCUT2D eigenvalue weighted by Gasteiger charge is 2.28. The van der Waals surface area contributed by atoms with Crippen molar-refractivity contribution in [3.8, 4) is 0 Å². The fraction of sp³-hybridized carbons (Fsp3) is 0.600. The van der Waals surface area contributed by atoms with E-state index in [-0.39, 0.29) is 11.9 Å². The van der Waals surface area contributed by atoms with E-state index in [0.29, 0.717) is 18.9 Å². The minimum Gasteiger partial charge on any atom is -0.379 e. The smallest absolute Gasteiger partial charge is 0.188 e. The van der Waals surface area contributed by atoms with Crippen LogP contribution in [0.4, 0.5) is 0 Å². The number of hydroxylamine groups is 2. The molecule has 0 atom stereocenters. The fourth-order valence-corrected chi connectivity index (χ4v) is 2.16. The first-order valence-electron chi connectivity index (χ1n) is 5.76. The first kappa shape index (κ1) is 12.8. The number of amidine groups is 1. The van der Waals surface area contributed by atoms with Crippen LogP contribution in [0, 0.1) is 0 Å². The van der Waals surface area contributed by atoms with E-state index < -0.39 is 0 Å². The summed E-state index contributed by atoms with van der Waals surface area (Å²) < 4.78 is 1.98. The Kier molecular flexibility index (Phi) is 3.24. The van der Waals surface area contributed by atoms with E-state index in [1.54, 1.807) is 7.05 Å². The molecule has 0 fully saturated rings. The second-order valence-corrected chi connectivity index (χ2v) is 4.67.